The van der Waals surface area contributed by atoms with Crippen molar-refractivity contribution in [3.05, 3.63) is 41.1 Å². The fraction of sp³-hybridized carbons (Fsp3) is 0.250. The van der Waals surface area contributed by atoms with Gasteiger partial charge >= 0.3 is 12.1 Å². The Morgan fingerprint density at radius 1 is 1.20 bits per heavy atom. The van der Waals surface area contributed by atoms with Gasteiger partial charge < -0.3 is 9.47 Å². The van der Waals surface area contributed by atoms with Gasteiger partial charge in [-0.3, -0.25) is 4.72 Å². The fourth-order valence-electron chi connectivity index (χ4n) is 2.56. The third kappa shape index (κ3) is 3.85. The number of methoxy groups -OCH3 is 2. The van der Waals surface area contributed by atoms with E-state index in [-0.39, 0.29) is 11.7 Å². The van der Waals surface area contributed by atoms with E-state index in [2.05, 4.69) is 19.8 Å². The third-order valence-electron chi connectivity index (χ3n) is 3.89. The Bertz CT molecular complexity index is 1240. The summed E-state index contributed by atoms with van der Waals surface area (Å²) in [5.41, 5.74) is -2.50. The van der Waals surface area contributed by atoms with Crippen LogP contribution in [0.25, 0.3) is 5.78 Å². The van der Waals surface area contributed by atoms with E-state index in [1.807, 2.05) is 0 Å². The largest absolute Gasteiger partial charge is 0.481 e. The van der Waals surface area contributed by atoms with E-state index in [1.165, 1.54) is 13.3 Å². The van der Waals surface area contributed by atoms with Gasteiger partial charge in [-0.15, -0.1) is 5.10 Å². The van der Waals surface area contributed by atoms with Crippen molar-refractivity contribution in [1.29, 1.82) is 0 Å². The van der Waals surface area contributed by atoms with Crippen molar-refractivity contribution in [3.63, 3.8) is 0 Å². The number of hydrogen-bond donors (Lipinski definition) is 1. The minimum absolute atomic E-state index is 0.157. The second-order valence-electron chi connectivity index (χ2n) is 5.90. The summed E-state index contributed by atoms with van der Waals surface area (Å²) < 4.78 is 78.0. The molecule has 160 valence electrons. The van der Waals surface area contributed by atoms with E-state index in [1.54, 1.807) is 11.6 Å². The molecular weight excluding hydrogens is 431 g/mol. The van der Waals surface area contributed by atoms with E-state index in [4.69, 9.17) is 4.74 Å². The minimum Gasteiger partial charge on any atom is -0.481 e. The van der Waals surface area contributed by atoms with Crippen LogP contribution in [0.4, 0.5) is 18.9 Å². The fourth-order valence-corrected chi connectivity index (χ4v) is 3.53. The molecule has 30 heavy (non-hydrogen) atoms. The number of anilines is 1. The normalized spacial score (nSPS) is 12.1. The number of alkyl halides is 3. The maximum absolute atomic E-state index is 13.4. The van der Waals surface area contributed by atoms with Crippen LogP contribution >= 0.6 is 0 Å². The summed E-state index contributed by atoms with van der Waals surface area (Å²) in [5.74, 6) is -1.15. The van der Waals surface area contributed by atoms with Crippen LogP contribution in [0.2, 0.25) is 0 Å². The molecule has 3 aromatic rings. The number of rotatable bonds is 5. The van der Waals surface area contributed by atoms with E-state index in [0.717, 1.165) is 23.8 Å². The highest BCUT2D eigenvalue weighted by atomic mass is 32.2. The molecule has 0 saturated heterocycles. The van der Waals surface area contributed by atoms with Crippen LogP contribution in [0.5, 0.6) is 5.88 Å². The lowest BCUT2D eigenvalue weighted by atomic mass is 10.1. The maximum Gasteiger partial charge on any atom is 0.418 e. The lowest BCUT2D eigenvalue weighted by molar-refractivity contribution is -0.136. The molecule has 3 rings (SSSR count). The average Bonchev–Trinajstić information content (AvgIpc) is 3.09. The number of nitrogens with zero attached hydrogens (tertiary/aromatic N) is 4. The monoisotopic (exact) mass is 445 g/mol. The molecule has 0 aliphatic rings. The lowest BCUT2D eigenvalue weighted by Crippen LogP contribution is -2.21. The van der Waals surface area contributed by atoms with Gasteiger partial charge in [0, 0.05) is 11.8 Å². The molecule has 14 heteroatoms. The second-order valence-corrected chi connectivity index (χ2v) is 7.47. The summed E-state index contributed by atoms with van der Waals surface area (Å²) in [6.45, 7) is 1.63. The summed E-state index contributed by atoms with van der Waals surface area (Å²) in [4.78, 5) is 19.6. The summed E-state index contributed by atoms with van der Waals surface area (Å²) in [7, 11) is -2.43. The number of nitrogens with one attached hydrogen (secondary N) is 1. The highest BCUT2D eigenvalue weighted by Crippen LogP contribution is 2.37. The summed E-state index contributed by atoms with van der Waals surface area (Å²) >= 11 is 0. The molecule has 0 atom stereocenters. The molecule has 0 aliphatic heterocycles. The molecule has 2 aromatic heterocycles. The van der Waals surface area contributed by atoms with Crippen molar-refractivity contribution in [2.45, 2.75) is 18.3 Å². The van der Waals surface area contributed by atoms with Gasteiger partial charge in [0.1, 0.15) is 0 Å². The van der Waals surface area contributed by atoms with Gasteiger partial charge in [0.15, 0.2) is 0 Å². The minimum atomic E-state index is -4.96. The first kappa shape index (κ1) is 21.3. The average molecular weight is 445 g/mol. The quantitative estimate of drug-likeness (QED) is 0.592. The molecule has 0 spiro atoms. The number of esters is 1. The molecular formula is C16H14F3N5O5S. The Morgan fingerprint density at radius 2 is 1.90 bits per heavy atom. The standard InChI is InChI=1S/C16H14F3N5O5S/c1-8-7-24-14(20-12(8)28-2)21-15(22-24)30(26,27)23-11-9(13(25)29-3)5-4-6-10(11)16(17,18)19/h4-7,23H,1-3H3. The summed E-state index contributed by atoms with van der Waals surface area (Å²) in [6.07, 6.45) is -3.57. The number of ether oxygens (including phenoxy) is 2. The first-order valence-electron chi connectivity index (χ1n) is 8.07. The second kappa shape index (κ2) is 7.44. The van der Waals surface area contributed by atoms with E-state index in [0.29, 0.717) is 11.6 Å². The molecule has 0 amide bonds. The molecule has 1 N–H and O–H groups in total. The van der Waals surface area contributed by atoms with Crippen LogP contribution < -0.4 is 9.46 Å². The van der Waals surface area contributed by atoms with Crippen LogP contribution in [-0.4, -0.2) is 48.2 Å². The van der Waals surface area contributed by atoms with Crippen molar-refractivity contribution >= 4 is 27.5 Å². The molecule has 0 aliphatic carbocycles. The van der Waals surface area contributed by atoms with Crippen molar-refractivity contribution in [1.82, 2.24) is 19.6 Å². The SMILES string of the molecule is COC(=O)c1cccc(C(F)(F)F)c1NS(=O)(=O)c1nc2nc(OC)c(C)cn2n1. The molecule has 0 bridgehead atoms. The number of halogens is 3. The zero-order chi connectivity index (χ0) is 22.3. The number of carbonyl (C=O) groups is 1. The molecule has 2 heterocycles. The third-order valence-corrected chi connectivity index (χ3v) is 5.02. The number of benzene rings is 1. The predicted molar refractivity (Wildman–Crippen MR) is 95.7 cm³/mol. The highest BCUT2D eigenvalue weighted by molar-refractivity contribution is 7.92. The molecule has 0 unspecified atom stereocenters. The lowest BCUT2D eigenvalue weighted by Gasteiger charge is -2.16. The molecule has 1 aromatic carbocycles. The first-order chi connectivity index (χ1) is 14.0. The summed E-state index contributed by atoms with van der Waals surface area (Å²) in [5, 5.41) is 2.89. The van der Waals surface area contributed by atoms with Gasteiger partial charge in [0.05, 0.1) is 31.0 Å². The van der Waals surface area contributed by atoms with Crippen molar-refractivity contribution in [2.75, 3.05) is 18.9 Å². The number of sulfonamides is 1. The smallest absolute Gasteiger partial charge is 0.418 e. The Labute approximate surface area is 167 Å². The first-order valence-corrected chi connectivity index (χ1v) is 9.55. The van der Waals surface area contributed by atoms with E-state index in [9.17, 15) is 26.4 Å². The predicted octanol–water partition coefficient (Wildman–Crippen LogP) is 2.05. The topological polar surface area (TPSA) is 125 Å². The van der Waals surface area contributed by atoms with Gasteiger partial charge in [0.25, 0.3) is 21.0 Å². The van der Waals surface area contributed by atoms with Gasteiger partial charge in [-0.25, -0.2) is 9.31 Å². The number of fused-ring (bicyclic) bond motifs is 1. The molecule has 0 radical (unpaired) electrons. The summed E-state index contributed by atoms with van der Waals surface area (Å²) in [6, 6.07) is 2.57. The van der Waals surface area contributed by atoms with Crippen molar-refractivity contribution < 1.29 is 35.9 Å². The Balaban J connectivity index is 2.13. The number of carbonyl (C=O) groups excluding carboxylic acids is 1. The maximum atomic E-state index is 13.4. The zero-order valence-corrected chi connectivity index (χ0v) is 16.5. The van der Waals surface area contributed by atoms with Gasteiger partial charge in [0.2, 0.25) is 5.88 Å². The van der Waals surface area contributed by atoms with E-state index >= 15 is 0 Å². The van der Waals surface area contributed by atoms with Crippen LogP contribution in [0.1, 0.15) is 21.5 Å². The van der Waals surface area contributed by atoms with Crippen molar-refractivity contribution in [2.24, 2.45) is 0 Å². The van der Waals surface area contributed by atoms with Crippen LogP contribution in [0, 0.1) is 6.92 Å². The van der Waals surface area contributed by atoms with E-state index < -0.39 is 44.1 Å². The Kier molecular flexibility index (Phi) is 5.28. The molecule has 0 saturated carbocycles. The van der Waals surface area contributed by atoms with Crippen LogP contribution in [0.15, 0.2) is 29.6 Å². The molecule has 10 nitrogen and oxygen atoms in total. The van der Waals surface area contributed by atoms with Crippen molar-refractivity contribution in [3.8, 4) is 5.88 Å². The highest BCUT2D eigenvalue weighted by Gasteiger charge is 2.37. The zero-order valence-electron chi connectivity index (χ0n) is 15.7. The Hall–Kier alpha value is -3.42. The van der Waals surface area contributed by atoms with Gasteiger partial charge in [-0.1, -0.05) is 6.07 Å². The number of aromatic nitrogens is 4. The number of aryl methyl sites for hydroxylation is 1. The van der Waals surface area contributed by atoms with Gasteiger partial charge in [-0.05, 0) is 19.1 Å². The molecule has 0 fully saturated rings. The van der Waals surface area contributed by atoms with Crippen LogP contribution in [-0.2, 0) is 20.9 Å². The van der Waals surface area contributed by atoms with Crippen LogP contribution in [0.3, 0.4) is 0 Å². The Morgan fingerprint density at radius 3 is 2.50 bits per heavy atom. The number of hydrogen-bond acceptors (Lipinski definition) is 8. The number of para-hydroxylation sites is 1. The van der Waals surface area contributed by atoms with Gasteiger partial charge in [-0.2, -0.15) is 31.6 Å².